The average molecular weight is 300 g/mol. The van der Waals surface area contributed by atoms with E-state index in [2.05, 4.69) is 0 Å². The third-order valence-corrected chi connectivity index (χ3v) is 5.67. The van der Waals surface area contributed by atoms with Gasteiger partial charge in [-0.15, -0.1) is 0 Å². The van der Waals surface area contributed by atoms with Gasteiger partial charge in [-0.2, -0.15) is 4.31 Å². The normalized spacial score (nSPS) is 20.9. The van der Waals surface area contributed by atoms with Crippen LogP contribution in [0, 0.1) is 0 Å². The van der Waals surface area contributed by atoms with Crippen LogP contribution in [0.4, 0.5) is 0 Å². The maximum atomic E-state index is 12.6. The van der Waals surface area contributed by atoms with Crippen LogP contribution < -0.4 is 11.3 Å². The molecule has 0 aliphatic carbocycles. The Kier molecular flexibility index (Phi) is 4.17. The molecule has 1 aromatic rings. The lowest BCUT2D eigenvalue weighted by atomic mass is 10.1. The smallest absolute Gasteiger partial charge is 0.281 e. The molecular formula is C12H20N4O3S. The molecular weight excluding hydrogens is 280 g/mol. The van der Waals surface area contributed by atoms with Gasteiger partial charge in [0.2, 0.25) is 10.0 Å². The summed E-state index contributed by atoms with van der Waals surface area (Å²) >= 11 is 0. The van der Waals surface area contributed by atoms with Gasteiger partial charge in [0, 0.05) is 25.8 Å². The second kappa shape index (κ2) is 5.55. The Labute approximate surface area is 118 Å². The SMILES string of the molecule is CC1CCCCN1S(=O)(=O)c1cc(C(=O)NN)n(C)c1. The maximum absolute atomic E-state index is 12.6. The summed E-state index contributed by atoms with van der Waals surface area (Å²) in [5.41, 5.74) is 2.23. The van der Waals surface area contributed by atoms with Gasteiger partial charge in [0.1, 0.15) is 10.6 Å². The minimum absolute atomic E-state index is 0.0132. The molecule has 7 nitrogen and oxygen atoms in total. The highest BCUT2D eigenvalue weighted by molar-refractivity contribution is 7.89. The van der Waals surface area contributed by atoms with Gasteiger partial charge < -0.3 is 4.57 Å². The number of nitrogens with two attached hydrogens (primary N) is 1. The van der Waals surface area contributed by atoms with E-state index in [0.29, 0.717) is 6.54 Å². The van der Waals surface area contributed by atoms with E-state index >= 15 is 0 Å². The summed E-state index contributed by atoms with van der Waals surface area (Å²) in [7, 11) is -1.95. The van der Waals surface area contributed by atoms with Crippen LogP contribution in [-0.4, -0.2) is 35.8 Å². The van der Waals surface area contributed by atoms with Crippen molar-refractivity contribution in [3.63, 3.8) is 0 Å². The monoisotopic (exact) mass is 300 g/mol. The van der Waals surface area contributed by atoms with E-state index in [1.807, 2.05) is 12.3 Å². The number of nitrogen functional groups attached to an aromatic ring is 1. The predicted octanol–water partition coefficient (Wildman–Crippen LogP) is 0.192. The molecule has 0 spiro atoms. The second-order valence-electron chi connectivity index (χ2n) is 5.11. The summed E-state index contributed by atoms with van der Waals surface area (Å²) < 4.78 is 28.2. The molecule has 2 heterocycles. The number of hydrogen-bond acceptors (Lipinski definition) is 4. The minimum Gasteiger partial charge on any atom is -0.345 e. The number of amides is 1. The largest absolute Gasteiger partial charge is 0.345 e. The number of rotatable bonds is 3. The molecule has 2 rings (SSSR count). The Morgan fingerprint density at radius 2 is 2.15 bits per heavy atom. The van der Waals surface area contributed by atoms with Crippen LogP contribution in [0.5, 0.6) is 0 Å². The third-order valence-electron chi connectivity index (χ3n) is 3.69. The van der Waals surface area contributed by atoms with Crippen LogP contribution in [0.25, 0.3) is 0 Å². The Bertz CT molecular complexity index is 608. The zero-order chi connectivity index (χ0) is 14.9. The lowest BCUT2D eigenvalue weighted by Crippen LogP contribution is -2.41. The van der Waals surface area contributed by atoms with E-state index in [1.54, 1.807) is 7.05 Å². The molecule has 8 heteroatoms. The molecule has 112 valence electrons. The fraction of sp³-hybridized carbons (Fsp3) is 0.583. The maximum Gasteiger partial charge on any atom is 0.281 e. The van der Waals surface area contributed by atoms with Gasteiger partial charge in [-0.25, -0.2) is 14.3 Å². The summed E-state index contributed by atoms with van der Waals surface area (Å²) in [6.45, 7) is 2.43. The van der Waals surface area contributed by atoms with Crippen LogP contribution in [0.3, 0.4) is 0 Å². The Hall–Kier alpha value is -1.38. The molecule has 1 aliphatic rings. The highest BCUT2D eigenvalue weighted by Gasteiger charge is 2.32. The number of hydrogen-bond donors (Lipinski definition) is 2. The Balaban J connectivity index is 2.37. The molecule has 0 aromatic carbocycles. The first-order valence-corrected chi connectivity index (χ1v) is 8.01. The summed E-state index contributed by atoms with van der Waals surface area (Å²) in [5, 5.41) is 0. The number of piperidine rings is 1. The molecule has 3 N–H and O–H groups in total. The van der Waals surface area contributed by atoms with E-state index in [-0.39, 0.29) is 16.6 Å². The number of carbonyl (C=O) groups excluding carboxylic acids is 1. The quantitative estimate of drug-likeness (QED) is 0.473. The molecule has 0 bridgehead atoms. The molecule has 1 aliphatic heterocycles. The first kappa shape index (κ1) is 15.0. The summed E-state index contributed by atoms with van der Waals surface area (Å²) in [6, 6.07) is 1.35. The van der Waals surface area contributed by atoms with Crippen molar-refractivity contribution in [2.45, 2.75) is 37.1 Å². The summed E-state index contributed by atoms with van der Waals surface area (Å²) in [4.78, 5) is 11.7. The van der Waals surface area contributed by atoms with Crippen molar-refractivity contribution >= 4 is 15.9 Å². The fourth-order valence-corrected chi connectivity index (χ4v) is 4.31. The van der Waals surface area contributed by atoms with Crippen molar-refractivity contribution in [3.05, 3.63) is 18.0 Å². The highest BCUT2D eigenvalue weighted by atomic mass is 32.2. The van der Waals surface area contributed by atoms with Crippen LogP contribution >= 0.6 is 0 Å². The van der Waals surface area contributed by atoms with Crippen molar-refractivity contribution in [2.75, 3.05) is 6.54 Å². The Morgan fingerprint density at radius 1 is 1.45 bits per heavy atom. The number of hydrazine groups is 1. The minimum atomic E-state index is -3.56. The standard InChI is InChI=1S/C12H20N4O3S/c1-9-5-3-4-6-16(9)20(18,19)10-7-11(12(17)14-13)15(2)8-10/h7-9H,3-6,13H2,1-2H3,(H,14,17). The van der Waals surface area contributed by atoms with Gasteiger partial charge in [-0.1, -0.05) is 6.42 Å². The van der Waals surface area contributed by atoms with Gasteiger partial charge in [0.05, 0.1) is 0 Å². The fourth-order valence-electron chi connectivity index (χ4n) is 2.54. The van der Waals surface area contributed by atoms with E-state index < -0.39 is 15.9 Å². The first-order valence-electron chi connectivity index (χ1n) is 6.57. The lowest BCUT2D eigenvalue weighted by Gasteiger charge is -2.31. The number of carbonyl (C=O) groups is 1. The molecule has 1 fully saturated rings. The molecule has 1 unspecified atom stereocenters. The number of aryl methyl sites for hydroxylation is 1. The topological polar surface area (TPSA) is 97.4 Å². The average Bonchev–Trinajstić information content (AvgIpc) is 2.81. The number of aromatic nitrogens is 1. The van der Waals surface area contributed by atoms with E-state index in [9.17, 15) is 13.2 Å². The van der Waals surface area contributed by atoms with E-state index in [1.165, 1.54) is 21.1 Å². The van der Waals surface area contributed by atoms with Gasteiger partial charge in [-0.3, -0.25) is 10.2 Å². The zero-order valence-electron chi connectivity index (χ0n) is 11.7. The van der Waals surface area contributed by atoms with Gasteiger partial charge in [0.15, 0.2) is 0 Å². The van der Waals surface area contributed by atoms with Gasteiger partial charge in [0.25, 0.3) is 5.91 Å². The van der Waals surface area contributed by atoms with Crippen molar-refractivity contribution < 1.29 is 13.2 Å². The lowest BCUT2D eigenvalue weighted by molar-refractivity contribution is 0.0945. The molecule has 1 saturated heterocycles. The van der Waals surface area contributed by atoms with Crippen LogP contribution in [0.15, 0.2) is 17.2 Å². The number of sulfonamides is 1. The second-order valence-corrected chi connectivity index (χ2v) is 7.00. The number of nitrogens with zero attached hydrogens (tertiary/aromatic N) is 2. The molecule has 1 amide bonds. The van der Waals surface area contributed by atoms with Crippen molar-refractivity contribution in [2.24, 2.45) is 12.9 Å². The molecule has 0 radical (unpaired) electrons. The van der Waals surface area contributed by atoms with Crippen molar-refractivity contribution in [1.29, 1.82) is 0 Å². The van der Waals surface area contributed by atoms with Crippen LogP contribution in [0.2, 0.25) is 0 Å². The zero-order valence-corrected chi connectivity index (χ0v) is 12.5. The number of nitrogens with one attached hydrogen (secondary N) is 1. The van der Waals surface area contributed by atoms with Crippen molar-refractivity contribution in [3.8, 4) is 0 Å². The van der Waals surface area contributed by atoms with E-state index in [0.717, 1.165) is 19.3 Å². The molecule has 20 heavy (non-hydrogen) atoms. The van der Waals surface area contributed by atoms with Crippen LogP contribution in [0.1, 0.15) is 36.7 Å². The summed E-state index contributed by atoms with van der Waals surface area (Å²) in [6.07, 6.45) is 4.22. The molecule has 1 atom stereocenters. The summed E-state index contributed by atoms with van der Waals surface area (Å²) in [5.74, 6) is 4.57. The molecule has 0 saturated carbocycles. The predicted molar refractivity (Wildman–Crippen MR) is 74.3 cm³/mol. The molecule has 1 aromatic heterocycles. The van der Waals surface area contributed by atoms with Gasteiger partial charge >= 0.3 is 0 Å². The third kappa shape index (κ3) is 2.58. The van der Waals surface area contributed by atoms with Crippen molar-refractivity contribution in [1.82, 2.24) is 14.3 Å². The first-order chi connectivity index (χ1) is 9.37. The highest BCUT2D eigenvalue weighted by Crippen LogP contribution is 2.26. The van der Waals surface area contributed by atoms with Gasteiger partial charge in [-0.05, 0) is 25.8 Å². The Morgan fingerprint density at radius 3 is 2.75 bits per heavy atom. The van der Waals surface area contributed by atoms with Crippen LogP contribution in [-0.2, 0) is 17.1 Å². The van der Waals surface area contributed by atoms with E-state index in [4.69, 9.17) is 5.84 Å².